The summed E-state index contributed by atoms with van der Waals surface area (Å²) >= 11 is 0. The molecule has 0 aliphatic rings. The number of hydrogen-bond donors (Lipinski definition) is 0. The van der Waals surface area contributed by atoms with Crippen molar-refractivity contribution in [1.29, 1.82) is 0 Å². The molecular formula is C19H32O4. The monoisotopic (exact) mass is 324 g/mol. The highest BCUT2D eigenvalue weighted by Crippen LogP contribution is 2.34. The van der Waals surface area contributed by atoms with Crippen molar-refractivity contribution < 1.29 is 19.1 Å². The van der Waals surface area contributed by atoms with Crippen molar-refractivity contribution in [2.45, 2.75) is 66.2 Å². The van der Waals surface area contributed by atoms with Crippen LogP contribution in [0.3, 0.4) is 0 Å². The molecule has 0 saturated carbocycles. The van der Waals surface area contributed by atoms with Gasteiger partial charge < -0.3 is 9.47 Å². The third-order valence-electron chi connectivity index (χ3n) is 3.61. The Balaban J connectivity index is 5.31. The standard InChI is InChI=1S/C19H32O4/c1-5-9-11-13-15-19(17(20)22-7-3,18(21)23-8-4)16-14-12-10-6-2/h9-12H,5-8,13-16H2,1-4H3/b11-9-,12-10-. The predicted octanol–water partition coefficient (Wildman–Crippen LogP) is 4.59. The summed E-state index contributed by atoms with van der Waals surface area (Å²) < 4.78 is 10.4. The second kappa shape index (κ2) is 12.9. The Kier molecular flexibility index (Phi) is 12.0. The molecule has 0 amide bonds. The van der Waals surface area contributed by atoms with Gasteiger partial charge in [0.1, 0.15) is 0 Å². The molecule has 0 N–H and O–H groups in total. The number of esters is 2. The van der Waals surface area contributed by atoms with Gasteiger partial charge in [-0.25, -0.2) is 0 Å². The Morgan fingerprint density at radius 1 is 0.739 bits per heavy atom. The smallest absolute Gasteiger partial charge is 0.323 e. The van der Waals surface area contributed by atoms with Gasteiger partial charge in [0.05, 0.1) is 13.2 Å². The predicted molar refractivity (Wildman–Crippen MR) is 93.0 cm³/mol. The summed E-state index contributed by atoms with van der Waals surface area (Å²) in [4.78, 5) is 25.1. The Hall–Kier alpha value is -1.58. The Morgan fingerprint density at radius 2 is 1.13 bits per heavy atom. The maximum absolute atomic E-state index is 12.5. The van der Waals surface area contributed by atoms with Crippen molar-refractivity contribution in [3.05, 3.63) is 24.3 Å². The van der Waals surface area contributed by atoms with Gasteiger partial charge in [-0.15, -0.1) is 0 Å². The van der Waals surface area contributed by atoms with E-state index in [1.165, 1.54) is 0 Å². The topological polar surface area (TPSA) is 52.6 Å². The van der Waals surface area contributed by atoms with E-state index in [9.17, 15) is 9.59 Å². The van der Waals surface area contributed by atoms with Crippen LogP contribution in [-0.4, -0.2) is 25.2 Å². The minimum absolute atomic E-state index is 0.260. The molecule has 0 aliphatic carbocycles. The van der Waals surface area contributed by atoms with Crippen LogP contribution < -0.4 is 0 Å². The number of ether oxygens (including phenoxy) is 2. The summed E-state index contributed by atoms with van der Waals surface area (Å²) in [5, 5.41) is 0. The van der Waals surface area contributed by atoms with E-state index in [1.54, 1.807) is 13.8 Å². The first-order valence-electron chi connectivity index (χ1n) is 8.73. The molecule has 0 unspecified atom stereocenters. The number of allylic oxidation sites excluding steroid dienone is 4. The zero-order valence-corrected chi connectivity index (χ0v) is 15.1. The molecule has 0 rings (SSSR count). The third-order valence-corrected chi connectivity index (χ3v) is 3.61. The van der Waals surface area contributed by atoms with E-state index in [0.29, 0.717) is 25.7 Å². The number of carbonyl (C=O) groups excluding carboxylic acids is 2. The van der Waals surface area contributed by atoms with E-state index < -0.39 is 17.4 Å². The summed E-state index contributed by atoms with van der Waals surface area (Å²) in [6, 6.07) is 0. The van der Waals surface area contributed by atoms with Crippen LogP contribution in [0.1, 0.15) is 66.2 Å². The van der Waals surface area contributed by atoms with Gasteiger partial charge in [-0.3, -0.25) is 9.59 Å². The van der Waals surface area contributed by atoms with Gasteiger partial charge >= 0.3 is 11.9 Å². The molecule has 0 aromatic rings. The maximum Gasteiger partial charge on any atom is 0.323 e. The van der Waals surface area contributed by atoms with Crippen molar-refractivity contribution in [1.82, 2.24) is 0 Å². The SMILES string of the molecule is CC/C=C\CCC(CC/C=C\CC)(C(=O)OCC)C(=O)OCC. The molecule has 0 radical (unpaired) electrons. The largest absolute Gasteiger partial charge is 0.465 e. The minimum Gasteiger partial charge on any atom is -0.465 e. The van der Waals surface area contributed by atoms with Crippen LogP contribution in [0, 0.1) is 5.41 Å². The molecule has 0 aromatic heterocycles. The Bertz CT molecular complexity index is 358. The molecule has 0 spiro atoms. The zero-order chi connectivity index (χ0) is 17.6. The van der Waals surface area contributed by atoms with Crippen molar-refractivity contribution >= 4 is 11.9 Å². The Labute approximate surface area is 140 Å². The lowest BCUT2D eigenvalue weighted by atomic mass is 9.78. The molecule has 0 bridgehead atoms. The average Bonchev–Trinajstić information content (AvgIpc) is 2.54. The van der Waals surface area contributed by atoms with Gasteiger partial charge in [-0.05, 0) is 52.4 Å². The fourth-order valence-corrected chi connectivity index (χ4v) is 2.38. The molecule has 0 atom stereocenters. The fraction of sp³-hybridized carbons (Fsp3) is 0.684. The fourth-order valence-electron chi connectivity index (χ4n) is 2.38. The highest BCUT2D eigenvalue weighted by atomic mass is 16.6. The summed E-state index contributed by atoms with van der Waals surface area (Å²) in [5.74, 6) is -0.929. The van der Waals surface area contributed by atoms with Crippen LogP contribution in [0.5, 0.6) is 0 Å². The van der Waals surface area contributed by atoms with Crippen LogP contribution in [-0.2, 0) is 19.1 Å². The van der Waals surface area contributed by atoms with E-state index in [0.717, 1.165) is 12.8 Å². The second-order valence-electron chi connectivity index (χ2n) is 5.36. The maximum atomic E-state index is 12.5. The van der Waals surface area contributed by atoms with E-state index >= 15 is 0 Å². The number of rotatable bonds is 12. The van der Waals surface area contributed by atoms with E-state index in [-0.39, 0.29) is 13.2 Å². The second-order valence-corrected chi connectivity index (χ2v) is 5.36. The first kappa shape index (κ1) is 21.4. The number of carbonyl (C=O) groups is 2. The summed E-state index contributed by atoms with van der Waals surface area (Å²) in [6.45, 7) is 8.13. The van der Waals surface area contributed by atoms with Crippen molar-refractivity contribution in [3.63, 3.8) is 0 Å². The van der Waals surface area contributed by atoms with E-state index in [4.69, 9.17) is 9.47 Å². The highest BCUT2D eigenvalue weighted by Gasteiger charge is 2.47. The summed E-state index contributed by atoms with van der Waals surface area (Å²) in [6.07, 6.45) is 12.1. The molecule has 0 saturated heterocycles. The van der Waals surface area contributed by atoms with Crippen LogP contribution >= 0.6 is 0 Å². The minimum atomic E-state index is -1.21. The zero-order valence-electron chi connectivity index (χ0n) is 15.1. The van der Waals surface area contributed by atoms with Gasteiger partial charge in [0, 0.05) is 0 Å². The lowest BCUT2D eigenvalue weighted by Crippen LogP contribution is -2.42. The van der Waals surface area contributed by atoms with Gasteiger partial charge in [-0.2, -0.15) is 0 Å². The van der Waals surface area contributed by atoms with Gasteiger partial charge in [0.15, 0.2) is 5.41 Å². The first-order chi connectivity index (χ1) is 11.1. The summed E-state index contributed by atoms with van der Waals surface area (Å²) in [5.41, 5.74) is -1.21. The normalized spacial score (nSPS) is 12.0. The molecule has 4 nitrogen and oxygen atoms in total. The Morgan fingerprint density at radius 3 is 1.43 bits per heavy atom. The molecule has 0 heterocycles. The van der Waals surface area contributed by atoms with Gasteiger partial charge in [0.25, 0.3) is 0 Å². The molecule has 0 fully saturated rings. The van der Waals surface area contributed by atoms with E-state index in [1.807, 2.05) is 24.3 Å². The van der Waals surface area contributed by atoms with Crippen LogP contribution in [0.4, 0.5) is 0 Å². The molecule has 0 aliphatic heterocycles. The lowest BCUT2D eigenvalue weighted by molar-refractivity contribution is -0.173. The number of hydrogen-bond acceptors (Lipinski definition) is 4. The van der Waals surface area contributed by atoms with E-state index in [2.05, 4.69) is 13.8 Å². The van der Waals surface area contributed by atoms with Crippen molar-refractivity contribution in [2.24, 2.45) is 5.41 Å². The highest BCUT2D eigenvalue weighted by molar-refractivity contribution is 6.00. The molecule has 132 valence electrons. The van der Waals surface area contributed by atoms with Crippen LogP contribution in [0.2, 0.25) is 0 Å². The van der Waals surface area contributed by atoms with Crippen LogP contribution in [0.15, 0.2) is 24.3 Å². The lowest BCUT2D eigenvalue weighted by Gasteiger charge is -2.28. The average molecular weight is 324 g/mol. The third kappa shape index (κ3) is 7.49. The molecule has 0 aromatic carbocycles. The van der Waals surface area contributed by atoms with Crippen molar-refractivity contribution in [2.75, 3.05) is 13.2 Å². The van der Waals surface area contributed by atoms with Crippen molar-refractivity contribution in [3.8, 4) is 0 Å². The quantitative estimate of drug-likeness (QED) is 0.299. The van der Waals surface area contributed by atoms with Gasteiger partial charge in [-0.1, -0.05) is 38.2 Å². The first-order valence-corrected chi connectivity index (χ1v) is 8.73. The van der Waals surface area contributed by atoms with Gasteiger partial charge in [0.2, 0.25) is 0 Å². The molecule has 4 heteroatoms. The molecular weight excluding hydrogens is 292 g/mol. The van der Waals surface area contributed by atoms with Crippen LogP contribution in [0.25, 0.3) is 0 Å². The molecule has 23 heavy (non-hydrogen) atoms. The summed E-state index contributed by atoms with van der Waals surface area (Å²) in [7, 11) is 0.